The van der Waals surface area contributed by atoms with Crippen molar-refractivity contribution in [3.05, 3.63) is 59.2 Å². The fourth-order valence-electron chi connectivity index (χ4n) is 2.18. The molecule has 0 radical (unpaired) electrons. The molecule has 2 nitrogen and oxygen atoms in total. The number of aryl methyl sites for hydroxylation is 1. The van der Waals surface area contributed by atoms with Crippen molar-refractivity contribution in [3.63, 3.8) is 0 Å². The second kappa shape index (κ2) is 6.58. The van der Waals surface area contributed by atoms with Crippen LogP contribution >= 0.6 is 0 Å². The summed E-state index contributed by atoms with van der Waals surface area (Å²) < 4.78 is 6.01. The Bertz CT molecular complexity index is 558. The number of hydrogen-bond acceptors (Lipinski definition) is 2. The molecule has 0 saturated carbocycles. The van der Waals surface area contributed by atoms with Crippen LogP contribution in [0.4, 0.5) is 0 Å². The second-order valence-corrected chi connectivity index (χ2v) is 5.47. The molecule has 1 N–H and O–H groups in total. The van der Waals surface area contributed by atoms with Gasteiger partial charge < -0.3 is 10.1 Å². The van der Waals surface area contributed by atoms with Crippen molar-refractivity contribution in [2.45, 2.75) is 33.2 Å². The SMILES string of the molecule is CNCc1cc(C)ccc1Oc1ccc(C(C)C)cc1. The van der Waals surface area contributed by atoms with E-state index in [2.05, 4.69) is 50.4 Å². The maximum absolute atomic E-state index is 6.01. The molecule has 2 aromatic rings. The Labute approximate surface area is 121 Å². The first-order valence-corrected chi connectivity index (χ1v) is 7.12. The molecule has 0 heterocycles. The highest BCUT2D eigenvalue weighted by molar-refractivity contribution is 5.41. The summed E-state index contributed by atoms with van der Waals surface area (Å²) in [6.07, 6.45) is 0. The number of nitrogens with one attached hydrogen (secondary N) is 1. The van der Waals surface area contributed by atoms with Crippen molar-refractivity contribution in [1.29, 1.82) is 0 Å². The fourth-order valence-corrected chi connectivity index (χ4v) is 2.18. The van der Waals surface area contributed by atoms with Crippen LogP contribution in [0.1, 0.15) is 36.5 Å². The molecular weight excluding hydrogens is 246 g/mol. The third-order valence-corrected chi connectivity index (χ3v) is 3.36. The van der Waals surface area contributed by atoms with Gasteiger partial charge in [-0.05, 0) is 43.7 Å². The van der Waals surface area contributed by atoms with E-state index in [1.807, 2.05) is 25.2 Å². The largest absolute Gasteiger partial charge is 0.457 e. The summed E-state index contributed by atoms with van der Waals surface area (Å²) in [5.41, 5.74) is 3.76. The van der Waals surface area contributed by atoms with Crippen LogP contribution in [0.2, 0.25) is 0 Å². The molecule has 0 aliphatic rings. The summed E-state index contributed by atoms with van der Waals surface area (Å²) >= 11 is 0. The van der Waals surface area contributed by atoms with E-state index >= 15 is 0 Å². The number of rotatable bonds is 5. The normalized spacial score (nSPS) is 10.8. The van der Waals surface area contributed by atoms with E-state index in [4.69, 9.17) is 4.74 Å². The average Bonchev–Trinajstić information content (AvgIpc) is 2.43. The summed E-state index contributed by atoms with van der Waals surface area (Å²) in [4.78, 5) is 0. The first-order chi connectivity index (χ1) is 9.60. The van der Waals surface area contributed by atoms with E-state index in [0.717, 1.165) is 18.0 Å². The molecule has 2 aromatic carbocycles. The van der Waals surface area contributed by atoms with Crippen LogP contribution in [-0.2, 0) is 6.54 Å². The van der Waals surface area contributed by atoms with Gasteiger partial charge in [-0.3, -0.25) is 0 Å². The number of benzene rings is 2. The molecule has 2 rings (SSSR count). The van der Waals surface area contributed by atoms with Crippen molar-refractivity contribution in [1.82, 2.24) is 5.32 Å². The Morgan fingerprint density at radius 2 is 1.75 bits per heavy atom. The maximum atomic E-state index is 6.01. The van der Waals surface area contributed by atoms with Crippen molar-refractivity contribution >= 4 is 0 Å². The molecule has 20 heavy (non-hydrogen) atoms. The third-order valence-electron chi connectivity index (χ3n) is 3.36. The molecule has 0 bridgehead atoms. The lowest BCUT2D eigenvalue weighted by Gasteiger charge is -2.13. The van der Waals surface area contributed by atoms with E-state index in [-0.39, 0.29) is 0 Å². The highest BCUT2D eigenvalue weighted by atomic mass is 16.5. The predicted octanol–water partition coefficient (Wildman–Crippen LogP) is 4.63. The molecule has 0 aromatic heterocycles. The summed E-state index contributed by atoms with van der Waals surface area (Å²) in [5.74, 6) is 2.35. The lowest BCUT2D eigenvalue weighted by atomic mass is 10.0. The van der Waals surface area contributed by atoms with Gasteiger partial charge in [0.25, 0.3) is 0 Å². The molecule has 0 aliphatic heterocycles. The van der Waals surface area contributed by atoms with E-state index in [0.29, 0.717) is 5.92 Å². The molecule has 0 aliphatic carbocycles. The Kier molecular flexibility index (Phi) is 4.80. The van der Waals surface area contributed by atoms with Gasteiger partial charge in [0.2, 0.25) is 0 Å². The topological polar surface area (TPSA) is 21.3 Å². The van der Waals surface area contributed by atoms with Gasteiger partial charge in [-0.1, -0.05) is 43.7 Å². The third kappa shape index (κ3) is 3.61. The minimum atomic E-state index is 0.545. The van der Waals surface area contributed by atoms with Gasteiger partial charge in [-0.15, -0.1) is 0 Å². The zero-order valence-corrected chi connectivity index (χ0v) is 12.7. The molecule has 0 amide bonds. The smallest absolute Gasteiger partial charge is 0.131 e. The molecule has 0 fully saturated rings. The van der Waals surface area contributed by atoms with Crippen LogP contribution in [0.15, 0.2) is 42.5 Å². The molecule has 0 spiro atoms. The first-order valence-electron chi connectivity index (χ1n) is 7.12. The van der Waals surface area contributed by atoms with Crippen LogP contribution in [0.5, 0.6) is 11.5 Å². The van der Waals surface area contributed by atoms with Crippen LogP contribution in [0, 0.1) is 6.92 Å². The van der Waals surface area contributed by atoms with E-state index in [1.165, 1.54) is 16.7 Å². The standard InChI is InChI=1S/C18H23NO/c1-13(2)15-6-8-17(9-7-15)20-18-10-5-14(3)11-16(18)12-19-4/h5-11,13,19H,12H2,1-4H3. The summed E-state index contributed by atoms with van der Waals surface area (Å²) in [5, 5.41) is 3.18. The molecule has 0 saturated heterocycles. The summed E-state index contributed by atoms with van der Waals surface area (Å²) in [6.45, 7) is 7.29. The van der Waals surface area contributed by atoms with E-state index in [9.17, 15) is 0 Å². The van der Waals surface area contributed by atoms with E-state index < -0.39 is 0 Å². The van der Waals surface area contributed by atoms with Gasteiger partial charge in [-0.25, -0.2) is 0 Å². The van der Waals surface area contributed by atoms with Gasteiger partial charge in [0.05, 0.1) is 0 Å². The lowest BCUT2D eigenvalue weighted by Crippen LogP contribution is -2.06. The van der Waals surface area contributed by atoms with Crippen LogP contribution in [0.25, 0.3) is 0 Å². The van der Waals surface area contributed by atoms with E-state index in [1.54, 1.807) is 0 Å². The van der Waals surface area contributed by atoms with Crippen LogP contribution < -0.4 is 10.1 Å². The van der Waals surface area contributed by atoms with Crippen molar-refractivity contribution in [3.8, 4) is 11.5 Å². The summed E-state index contributed by atoms with van der Waals surface area (Å²) in [6, 6.07) is 14.6. The minimum Gasteiger partial charge on any atom is -0.457 e. The zero-order chi connectivity index (χ0) is 14.5. The molecule has 106 valence electrons. The Morgan fingerprint density at radius 3 is 2.35 bits per heavy atom. The van der Waals surface area contributed by atoms with Crippen molar-refractivity contribution in [2.75, 3.05) is 7.05 Å². The van der Waals surface area contributed by atoms with Gasteiger partial charge in [0.15, 0.2) is 0 Å². The second-order valence-electron chi connectivity index (χ2n) is 5.47. The quantitative estimate of drug-likeness (QED) is 0.854. The van der Waals surface area contributed by atoms with Crippen LogP contribution in [-0.4, -0.2) is 7.05 Å². The minimum absolute atomic E-state index is 0.545. The first kappa shape index (κ1) is 14.6. The van der Waals surface area contributed by atoms with Gasteiger partial charge in [0, 0.05) is 12.1 Å². The Balaban J connectivity index is 2.20. The monoisotopic (exact) mass is 269 g/mol. The van der Waals surface area contributed by atoms with Gasteiger partial charge in [0.1, 0.15) is 11.5 Å². The Morgan fingerprint density at radius 1 is 1.05 bits per heavy atom. The zero-order valence-electron chi connectivity index (χ0n) is 12.7. The number of hydrogen-bond donors (Lipinski definition) is 1. The summed E-state index contributed by atoms with van der Waals surface area (Å²) in [7, 11) is 1.95. The number of ether oxygens (including phenoxy) is 1. The lowest BCUT2D eigenvalue weighted by molar-refractivity contribution is 0.474. The van der Waals surface area contributed by atoms with Gasteiger partial charge >= 0.3 is 0 Å². The predicted molar refractivity (Wildman–Crippen MR) is 84.5 cm³/mol. The average molecular weight is 269 g/mol. The maximum Gasteiger partial charge on any atom is 0.131 e. The fraction of sp³-hybridized carbons (Fsp3) is 0.333. The molecule has 2 heteroatoms. The van der Waals surface area contributed by atoms with Crippen molar-refractivity contribution < 1.29 is 4.74 Å². The molecular formula is C18H23NO. The molecule has 0 unspecified atom stereocenters. The van der Waals surface area contributed by atoms with Crippen LogP contribution in [0.3, 0.4) is 0 Å². The highest BCUT2D eigenvalue weighted by Crippen LogP contribution is 2.27. The van der Waals surface area contributed by atoms with Crippen molar-refractivity contribution in [2.24, 2.45) is 0 Å². The van der Waals surface area contributed by atoms with Gasteiger partial charge in [-0.2, -0.15) is 0 Å². The highest BCUT2D eigenvalue weighted by Gasteiger charge is 2.06. The Hall–Kier alpha value is -1.80. The molecule has 0 atom stereocenters.